The zero-order valence-corrected chi connectivity index (χ0v) is 11.6. The molecule has 4 heteroatoms. The predicted molar refractivity (Wildman–Crippen MR) is 78.0 cm³/mol. The molecular formula is C15H23N3O. The number of unbranched alkanes of at least 4 members (excludes halogenated alkanes) is 3. The first-order valence-electron chi connectivity index (χ1n) is 7.05. The van der Waals surface area contributed by atoms with Crippen LogP contribution in [0, 0.1) is 0 Å². The molecule has 0 aliphatic carbocycles. The maximum Gasteiger partial charge on any atom is 0.123 e. The Bertz CT molecular complexity index is 507. The molecule has 104 valence electrons. The molecule has 0 aliphatic rings. The van der Waals surface area contributed by atoms with Gasteiger partial charge in [0.05, 0.1) is 17.6 Å². The minimum atomic E-state index is 0.313. The number of nitrogens with one attached hydrogen (secondary N) is 1. The van der Waals surface area contributed by atoms with Gasteiger partial charge in [-0.2, -0.15) is 0 Å². The first-order valence-corrected chi connectivity index (χ1v) is 7.05. The second kappa shape index (κ2) is 7.26. The highest BCUT2D eigenvalue weighted by atomic mass is 16.2. The third kappa shape index (κ3) is 3.78. The summed E-state index contributed by atoms with van der Waals surface area (Å²) < 4.78 is 2.15. The Kier molecular flexibility index (Phi) is 5.36. The molecule has 0 unspecified atom stereocenters. The predicted octanol–water partition coefficient (Wildman–Crippen LogP) is 2.22. The minimum Gasteiger partial charge on any atom is -0.396 e. The van der Waals surface area contributed by atoms with E-state index in [-0.39, 0.29) is 0 Å². The Labute approximate surface area is 114 Å². The fourth-order valence-electron chi connectivity index (χ4n) is 2.27. The Hall–Kier alpha value is -1.39. The normalized spacial score (nSPS) is 11.3. The zero-order chi connectivity index (χ0) is 13.5. The fraction of sp³-hybridized carbons (Fsp3) is 0.533. The van der Waals surface area contributed by atoms with Crippen LogP contribution in [-0.2, 0) is 13.6 Å². The summed E-state index contributed by atoms with van der Waals surface area (Å²) in [5.74, 6) is 1.08. The average molecular weight is 261 g/mol. The van der Waals surface area contributed by atoms with Crippen molar-refractivity contribution in [1.29, 1.82) is 0 Å². The first-order chi connectivity index (χ1) is 9.33. The highest BCUT2D eigenvalue weighted by Crippen LogP contribution is 2.13. The van der Waals surface area contributed by atoms with Gasteiger partial charge in [-0.1, -0.05) is 25.0 Å². The lowest BCUT2D eigenvalue weighted by atomic mass is 10.2. The molecule has 0 fully saturated rings. The Morgan fingerprint density at radius 3 is 2.74 bits per heavy atom. The molecule has 0 saturated heterocycles. The van der Waals surface area contributed by atoms with Crippen molar-refractivity contribution in [2.75, 3.05) is 13.2 Å². The van der Waals surface area contributed by atoms with Crippen LogP contribution in [0.25, 0.3) is 11.0 Å². The lowest BCUT2D eigenvalue weighted by Gasteiger charge is -2.05. The van der Waals surface area contributed by atoms with Crippen LogP contribution in [0.3, 0.4) is 0 Å². The molecule has 2 aromatic rings. The zero-order valence-electron chi connectivity index (χ0n) is 11.6. The summed E-state index contributed by atoms with van der Waals surface area (Å²) in [6.07, 6.45) is 4.37. The molecular weight excluding hydrogens is 238 g/mol. The van der Waals surface area contributed by atoms with Crippen LogP contribution in [0.5, 0.6) is 0 Å². The second-order valence-corrected chi connectivity index (χ2v) is 4.89. The number of benzene rings is 1. The molecule has 19 heavy (non-hydrogen) atoms. The van der Waals surface area contributed by atoms with Gasteiger partial charge in [0, 0.05) is 13.7 Å². The highest BCUT2D eigenvalue weighted by molar-refractivity contribution is 5.75. The Morgan fingerprint density at radius 1 is 1.16 bits per heavy atom. The van der Waals surface area contributed by atoms with E-state index in [9.17, 15) is 0 Å². The van der Waals surface area contributed by atoms with Crippen molar-refractivity contribution in [1.82, 2.24) is 14.9 Å². The SMILES string of the molecule is Cn1c(CNCCCCCCO)nc2ccccc21. The van der Waals surface area contributed by atoms with Crippen LogP contribution in [0.4, 0.5) is 0 Å². The number of aliphatic hydroxyl groups is 1. The van der Waals surface area contributed by atoms with Gasteiger partial charge in [-0.25, -0.2) is 4.98 Å². The summed E-state index contributed by atoms with van der Waals surface area (Å²) in [6.45, 7) is 2.13. The highest BCUT2D eigenvalue weighted by Gasteiger charge is 2.05. The largest absolute Gasteiger partial charge is 0.396 e. The molecule has 0 spiro atoms. The molecule has 0 amide bonds. The molecule has 0 atom stereocenters. The van der Waals surface area contributed by atoms with Gasteiger partial charge in [0.2, 0.25) is 0 Å². The number of aliphatic hydroxyl groups excluding tert-OH is 1. The topological polar surface area (TPSA) is 50.1 Å². The first kappa shape index (κ1) is 14.0. The summed E-state index contributed by atoms with van der Waals surface area (Å²) in [7, 11) is 2.06. The molecule has 4 nitrogen and oxygen atoms in total. The van der Waals surface area contributed by atoms with Crippen molar-refractivity contribution >= 4 is 11.0 Å². The third-order valence-electron chi connectivity index (χ3n) is 3.42. The van der Waals surface area contributed by atoms with E-state index in [0.29, 0.717) is 6.61 Å². The lowest BCUT2D eigenvalue weighted by Crippen LogP contribution is -2.17. The molecule has 2 N–H and O–H groups in total. The summed E-state index contributed by atoms with van der Waals surface area (Å²) in [6, 6.07) is 8.21. The van der Waals surface area contributed by atoms with E-state index in [1.54, 1.807) is 0 Å². The van der Waals surface area contributed by atoms with Crippen LogP contribution in [-0.4, -0.2) is 27.8 Å². The van der Waals surface area contributed by atoms with Crippen LogP contribution >= 0.6 is 0 Å². The van der Waals surface area contributed by atoms with Crippen LogP contribution in [0.15, 0.2) is 24.3 Å². The van der Waals surface area contributed by atoms with Crippen molar-refractivity contribution in [2.24, 2.45) is 7.05 Å². The van der Waals surface area contributed by atoms with E-state index < -0.39 is 0 Å². The third-order valence-corrected chi connectivity index (χ3v) is 3.42. The minimum absolute atomic E-state index is 0.313. The van der Waals surface area contributed by atoms with E-state index in [4.69, 9.17) is 5.11 Å². The van der Waals surface area contributed by atoms with Gasteiger partial charge < -0.3 is 15.0 Å². The second-order valence-electron chi connectivity index (χ2n) is 4.89. The summed E-state index contributed by atoms with van der Waals surface area (Å²) in [5.41, 5.74) is 2.24. The van der Waals surface area contributed by atoms with Gasteiger partial charge in [-0.3, -0.25) is 0 Å². The van der Waals surface area contributed by atoms with Crippen LogP contribution in [0.1, 0.15) is 31.5 Å². The molecule has 0 bridgehead atoms. The monoisotopic (exact) mass is 261 g/mol. The number of aromatic nitrogens is 2. The number of rotatable bonds is 8. The number of imidazole rings is 1. The Morgan fingerprint density at radius 2 is 1.95 bits per heavy atom. The molecule has 0 radical (unpaired) electrons. The fourth-order valence-corrected chi connectivity index (χ4v) is 2.27. The van der Waals surface area contributed by atoms with Crippen molar-refractivity contribution < 1.29 is 5.11 Å². The molecule has 1 aromatic carbocycles. The number of fused-ring (bicyclic) bond motifs is 1. The average Bonchev–Trinajstić information content (AvgIpc) is 2.75. The Balaban J connectivity index is 1.77. The van der Waals surface area contributed by atoms with Gasteiger partial charge >= 0.3 is 0 Å². The van der Waals surface area contributed by atoms with Crippen molar-refractivity contribution in [3.63, 3.8) is 0 Å². The van der Waals surface area contributed by atoms with Crippen molar-refractivity contribution in [2.45, 2.75) is 32.2 Å². The maximum absolute atomic E-state index is 8.69. The van der Waals surface area contributed by atoms with Crippen LogP contribution in [0.2, 0.25) is 0 Å². The smallest absolute Gasteiger partial charge is 0.123 e. The van der Waals surface area contributed by atoms with Gasteiger partial charge in [0.25, 0.3) is 0 Å². The molecule has 1 heterocycles. The van der Waals surface area contributed by atoms with Gasteiger partial charge in [0.1, 0.15) is 5.82 Å². The van der Waals surface area contributed by atoms with E-state index in [2.05, 4.69) is 28.0 Å². The van der Waals surface area contributed by atoms with Crippen LogP contribution < -0.4 is 5.32 Å². The van der Waals surface area contributed by atoms with Gasteiger partial charge in [-0.05, 0) is 31.5 Å². The standard InChI is InChI=1S/C15H23N3O/c1-18-14-9-5-4-8-13(14)17-15(18)12-16-10-6-2-3-7-11-19/h4-5,8-9,16,19H,2-3,6-7,10-12H2,1H3. The summed E-state index contributed by atoms with van der Waals surface area (Å²) in [4.78, 5) is 4.63. The van der Waals surface area contributed by atoms with E-state index in [1.165, 1.54) is 11.9 Å². The van der Waals surface area contributed by atoms with Crippen molar-refractivity contribution in [3.05, 3.63) is 30.1 Å². The summed E-state index contributed by atoms with van der Waals surface area (Å²) in [5, 5.41) is 12.1. The molecule has 1 aromatic heterocycles. The number of nitrogens with zero attached hydrogens (tertiary/aromatic N) is 2. The molecule has 0 aliphatic heterocycles. The number of hydrogen-bond acceptors (Lipinski definition) is 3. The lowest BCUT2D eigenvalue weighted by molar-refractivity contribution is 0.282. The quantitative estimate of drug-likeness (QED) is 0.716. The van der Waals surface area contributed by atoms with E-state index >= 15 is 0 Å². The molecule has 0 saturated carbocycles. The van der Waals surface area contributed by atoms with Crippen molar-refractivity contribution in [3.8, 4) is 0 Å². The van der Waals surface area contributed by atoms with Gasteiger partial charge in [0.15, 0.2) is 0 Å². The number of para-hydroxylation sites is 2. The summed E-state index contributed by atoms with van der Waals surface area (Å²) >= 11 is 0. The van der Waals surface area contributed by atoms with E-state index in [0.717, 1.165) is 43.7 Å². The number of hydrogen-bond donors (Lipinski definition) is 2. The van der Waals surface area contributed by atoms with Gasteiger partial charge in [-0.15, -0.1) is 0 Å². The van der Waals surface area contributed by atoms with E-state index in [1.807, 2.05) is 18.2 Å². The maximum atomic E-state index is 8.69. The molecule has 2 rings (SSSR count). The number of aryl methyl sites for hydroxylation is 1.